The molecular formula is C18H15N2Se+. The van der Waals surface area contributed by atoms with Gasteiger partial charge in [0.2, 0.25) is 0 Å². The SMILES string of the molecule is Cc1ccc2c([se]c3ncccc32)c1-c1cccc[n+]1C. The van der Waals surface area contributed by atoms with Crippen molar-refractivity contribution >= 4 is 33.9 Å². The summed E-state index contributed by atoms with van der Waals surface area (Å²) >= 11 is 0.288. The maximum atomic E-state index is 4.58. The molecule has 1 aromatic carbocycles. The molecule has 3 aromatic heterocycles. The maximum absolute atomic E-state index is 4.58. The van der Waals surface area contributed by atoms with Gasteiger partial charge in [0.15, 0.2) is 0 Å². The summed E-state index contributed by atoms with van der Waals surface area (Å²) in [6, 6.07) is 15.1. The fourth-order valence-electron chi connectivity index (χ4n) is 2.87. The van der Waals surface area contributed by atoms with Gasteiger partial charge in [0.05, 0.1) is 0 Å². The Morgan fingerprint density at radius 1 is 1.00 bits per heavy atom. The summed E-state index contributed by atoms with van der Waals surface area (Å²) in [6.45, 7) is 2.20. The van der Waals surface area contributed by atoms with Crippen LogP contribution in [-0.2, 0) is 7.05 Å². The Balaban J connectivity index is 2.18. The van der Waals surface area contributed by atoms with Crippen molar-refractivity contribution in [3.8, 4) is 11.3 Å². The molecular weight excluding hydrogens is 323 g/mol. The molecule has 0 saturated carbocycles. The van der Waals surface area contributed by atoms with Crippen LogP contribution in [0.4, 0.5) is 0 Å². The summed E-state index contributed by atoms with van der Waals surface area (Å²) in [4.78, 5) is 4.58. The Hall–Kier alpha value is -1.96. The molecule has 0 radical (unpaired) electrons. The van der Waals surface area contributed by atoms with Gasteiger partial charge in [-0.15, -0.1) is 0 Å². The first-order valence-corrected chi connectivity index (χ1v) is 8.69. The van der Waals surface area contributed by atoms with Crippen LogP contribution in [0.3, 0.4) is 0 Å². The van der Waals surface area contributed by atoms with Gasteiger partial charge in [-0.05, 0) is 0 Å². The number of aromatic nitrogens is 2. The van der Waals surface area contributed by atoms with Crippen LogP contribution in [-0.4, -0.2) is 19.5 Å². The molecule has 0 saturated heterocycles. The zero-order valence-corrected chi connectivity index (χ0v) is 13.7. The van der Waals surface area contributed by atoms with Gasteiger partial charge in [0.25, 0.3) is 0 Å². The molecule has 0 aliphatic rings. The van der Waals surface area contributed by atoms with Gasteiger partial charge in [0.1, 0.15) is 0 Å². The third kappa shape index (κ3) is 1.93. The first kappa shape index (κ1) is 12.8. The molecule has 21 heavy (non-hydrogen) atoms. The first-order chi connectivity index (χ1) is 10.3. The molecule has 0 spiro atoms. The number of benzene rings is 1. The van der Waals surface area contributed by atoms with Gasteiger partial charge >= 0.3 is 129 Å². The third-order valence-corrected chi connectivity index (χ3v) is 6.34. The molecule has 4 rings (SSSR count). The number of hydrogen-bond donors (Lipinski definition) is 0. The van der Waals surface area contributed by atoms with Gasteiger partial charge < -0.3 is 0 Å². The third-order valence-electron chi connectivity index (χ3n) is 3.94. The fourth-order valence-corrected chi connectivity index (χ4v) is 5.50. The summed E-state index contributed by atoms with van der Waals surface area (Å²) in [7, 11) is 2.11. The van der Waals surface area contributed by atoms with Crippen molar-refractivity contribution in [1.82, 2.24) is 4.98 Å². The Labute approximate surface area is 129 Å². The molecule has 0 aliphatic carbocycles. The summed E-state index contributed by atoms with van der Waals surface area (Å²) in [5, 5.41) is 2.68. The van der Waals surface area contributed by atoms with E-state index in [9.17, 15) is 0 Å². The quantitative estimate of drug-likeness (QED) is 0.385. The predicted molar refractivity (Wildman–Crippen MR) is 87.5 cm³/mol. The number of hydrogen-bond acceptors (Lipinski definition) is 1. The van der Waals surface area contributed by atoms with E-state index in [-0.39, 0.29) is 14.5 Å². The minimum absolute atomic E-state index is 0.288. The van der Waals surface area contributed by atoms with Crippen LogP contribution in [0.15, 0.2) is 54.9 Å². The van der Waals surface area contributed by atoms with Crippen molar-refractivity contribution in [2.24, 2.45) is 7.05 Å². The van der Waals surface area contributed by atoms with Gasteiger partial charge in [-0.3, -0.25) is 0 Å². The summed E-state index contributed by atoms with van der Waals surface area (Å²) in [6.07, 6.45) is 4.02. The van der Waals surface area contributed by atoms with E-state index in [1.807, 2.05) is 12.3 Å². The monoisotopic (exact) mass is 339 g/mol. The van der Waals surface area contributed by atoms with E-state index >= 15 is 0 Å². The van der Waals surface area contributed by atoms with Crippen molar-refractivity contribution in [3.05, 3.63) is 60.4 Å². The first-order valence-electron chi connectivity index (χ1n) is 6.97. The second kappa shape index (κ2) is 4.80. The standard InChI is InChI=1S/C18H15N2Se/c1-12-8-9-13-14-6-5-10-19-18(14)21-17(13)16(12)15-7-3-4-11-20(15)2/h3-11H,1-2H3/q+1. The summed E-state index contributed by atoms with van der Waals surface area (Å²) in [5.41, 5.74) is 4.00. The van der Waals surface area contributed by atoms with Crippen LogP contribution in [0.2, 0.25) is 0 Å². The molecule has 0 fully saturated rings. The number of aryl methyl sites for hydroxylation is 2. The van der Waals surface area contributed by atoms with Crippen molar-refractivity contribution in [3.63, 3.8) is 0 Å². The minimum atomic E-state index is 0.288. The van der Waals surface area contributed by atoms with Crippen LogP contribution in [0, 0.1) is 6.92 Å². The number of nitrogens with zero attached hydrogens (tertiary/aromatic N) is 2. The van der Waals surface area contributed by atoms with Crippen molar-refractivity contribution in [1.29, 1.82) is 0 Å². The molecule has 4 aromatic rings. The Kier molecular flexibility index (Phi) is 2.91. The van der Waals surface area contributed by atoms with Gasteiger partial charge in [0, 0.05) is 0 Å². The summed E-state index contributed by atoms with van der Waals surface area (Å²) < 4.78 is 4.93. The van der Waals surface area contributed by atoms with E-state index in [4.69, 9.17) is 0 Å². The fraction of sp³-hybridized carbons (Fsp3) is 0.111. The van der Waals surface area contributed by atoms with Crippen LogP contribution in [0.1, 0.15) is 5.56 Å². The molecule has 3 heteroatoms. The van der Waals surface area contributed by atoms with Crippen molar-refractivity contribution in [2.75, 3.05) is 0 Å². The van der Waals surface area contributed by atoms with E-state index in [1.165, 1.54) is 36.2 Å². The average molecular weight is 338 g/mol. The van der Waals surface area contributed by atoms with E-state index in [0.29, 0.717) is 0 Å². The van der Waals surface area contributed by atoms with E-state index in [2.05, 4.69) is 66.1 Å². The second-order valence-electron chi connectivity index (χ2n) is 5.29. The zero-order chi connectivity index (χ0) is 14.4. The van der Waals surface area contributed by atoms with E-state index in [0.717, 1.165) is 0 Å². The average Bonchev–Trinajstić information content (AvgIpc) is 2.87. The van der Waals surface area contributed by atoms with Crippen molar-refractivity contribution < 1.29 is 4.57 Å². The molecule has 0 amide bonds. The van der Waals surface area contributed by atoms with Gasteiger partial charge in [-0.2, -0.15) is 0 Å². The van der Waals surface area contributed by atoms with Crippen LogP contribution < -0.4 is 4.57 Å². The molecule has 2 nitrogen and oxygen atoms in total. The van der Waals surface area contributed by atoms with E-state index < -0.39 is 0 Å². The molecule has 0 bridgehead atoms. The van der Waals surface area contributed by atoms with Gasteiger partial charge in [-0.1, -0.05) is 0 Å². The number of fused-ring (bicyclic) bond motifs is 3. The number of pyridine rings is 2. The van der Waals surface area contributed by atoms with Gasteiger partial charge in [-0.25, -0.2) is 0 Å². The van der Waals surface area contributed by atoms with Crippen LogP contribution in [0.25, 0.3) is 30.7 Å². The van der Waals surface area contributed by atoms with Crippen molar-refractivity contribution in [2.45, 2.75) is 6.92 Å². The molecule has 102 valence electrons. The Morgan fingerprint density at radius 2 is 1.90 bits per heavy atom. The topological polar surface area (TPSA) is 16.8 Å². The second-order valence-corrected chi connectivity index (χ2v) is 7.39. The Bertz CT molecular complexity index is 969. The molecule has 3 heterocycles. The molecule has 0 aliphatic heterocycles. The zero-order valence-electron chi connectivity index (χ0n) is 12.0. The molecule has 0 atom stereocenters. The summed E-state index contributed by atoms with van der Waals surface area (Å²) in [5.74, 6) is 0. The van der Waals surface area contributed by atoms with Crippen LogP contribution >= 0.6 is 0 Å². The van der Waals surface area contributed by atoms with E-state index in [1.54, 1.807) is 0 Å². The molecule has 0 N–H and O–H groups in total. The molecule has 0 unspecified atom stereocenters. The number of rotatable bonds is 1. The van der Waals surface area contributed by atoms with Crippen LogP contribution in [0.5, 0.6) is 0 Å². The Morgan fingerprint density at radius 3 is 2.76 bits per heavy atom. The normalized spacial score (nSPS) is 11.3. The predicted octanol–water partition coefficient (Wildman–Crippen LogP) is 3.24.